The van der Waals surface area contributed by atoms with Gasteiger partial charge in [-0.1, -0.05) is 11.6 Å². The van der Waals surface area contributed by atoms with Gasteiger partial charge in [0.15, 0.2) is 0 Å². The minimum atomic E-state index is -5.38. The Hall–Kier alpha value is -4.43. The lowest BCUT2D eigenvalue weighted by molar-refractivity contribution is -0.265. The Balaban J connectivity index is 1.27. The molecule has 0 unspecified atom stereocenters. The van der Waals surface area contributed by atoms with Crippen molar-refractivity contribution in [3.8, 4) is 22.8 Å². The van der Waals surface area contributed by atoms with E-state index in [1.165, 1.54) is 25.1 Å². The molecule has 246 valence electrons. The molecule has 4 aromatic rings. The number of hydrogen-bond donors (Lipinski definition) is 3. The van der Waals surface area contributed by atoms with Crippen LogP contribution in [0.1, 0.15) is 60.3 Å². The molecule has 10 nitrogen and oxygen atoms in total. The average molecular weight is 674 g/mol. The van der Waals surface area contributed by atoms with Crippen LogP contribution in [0.4, 0.5) is 17.6 Å². The fourth-order valence-electron chi connectivity index (χ4n) is 5.52. The number of nitrogens with zero attached hydrogens (tertiary/aromatic N) is 3. The molecule has 2 saturated carbocycles. The summed E-state index contributed by atoms with van der Waals surface area (Å²) in [4.78, 5) is 30.0. The molecule has 1 aliphatic heterocycles. The highest BCUT2D eigenvalue weighted by atomic mass is 35.5. The molecular weight excluding hydrogens is 646 g/mol. The lowest BCUT2D eigenvalue weighted by Crippen LogP contribution is -2.51. The zero-order valence-electron chi connectivity index (χ0n) is 24.8. The third kappa shape index (κ3) is 5.42. The van der Waals surface area contributed by atoms with Gasteiger partial charge in [-0.3, -0.25) is 14.3 Å². The van der Waals surface area contributed by atoms with Gasteiger partial charge in [0.05, 0.1) is 29.4 Å². The number of rotatable bonds is 9. The van der Waals surface area contributed by atoms with Crippen molar-refractivity contribution in [1.82, 2.24) is 20.1 Å². The first-order valence-corrected chi connectivity index (χ1v) is 15.3. The summed E-state index contributed by atoms with van der Waals surface area (Å²) < 4.78 is 72.0. The van der Waals surface area contributed by atoms with Crippen LogP contribution in [0, 0.1) is 5.82 Å². The number of fused-ring (bicyclic) bond motifs is 2. The molecule has 0 spiro atoms. The van der Waals surface area contributed by atoms with E-state index in [-0.39, 0.29) is 51.9 Å². The van der Waals surface area contributed by atoms with Gasteiger partial charge in [0.2, 0.25) is 11.5 Å². The number of aliphatic hydroxyl groups is 1. The highest BCUT2D eigenvalue weighted by Crippen LogP contribution is 2.48. The summed E-state index contributed by atoms with van der Waals surface area (Å²) in [7, 11) is 0. The zero-order valence-corrected chi connectivity index (χ0v) is 25.6. The fraction of sp³-hybridized carbons (Fsp3) is 0.375. The third-order valence-corrected chi connectivity index (χ3v) is 9.09. The number of amides is 2. The predicted molar refractivity (Wildman–Crippen MR) is 161 cm³/mol. The molecule has 2 amide bonds. The molecule has 0 bridgehead atoms. The van der Waals surface area contributed by atoms with Crippen molar-refractivity contribution in [3.05, 3.63) is 70.3 Å². The number of alkyl halides is 3. The van der Waals surface area contributed by atoms with Gasteiger partial charge in [0.1, 0.15) is 40.5 Å². The highest BCUT2D eigenvalue weighted by Gasteiger charge is 2.57. The molecule has 2 fully saturated rings. The molecule has 4 N–H and O–H groups in total. The third-order valence-electron chi connectivity index (χ3n) is 8.80. The number of aromatic nitrogens is 3. The van der Waals surface area contributed by atoms with Crippen LogP contribution >= 0.6 is 11.6 Å². The van der Waals surface area contributed by atoms with Gasteiger partial charge in [-0.15, -0.1) is 0 Å². The first kappa shape index (κ1) is 31.2. The summed E-state index contributed by atoms with van der Waals surface area (Å²) >= 11 is 5.96. The van der Waals surface area contributed by atoms with Crippen molar-refractivity contribution >= 4 is 34.3 Å². The SMILES string of the molecule is C[C@]1(C(N)=O)COc2c1cc([C@@](O)(CNC(=O)c1cc(OC3CC3)c3nn(C4CC4)cc3c1)C(F)(F)F)nc2-c1ccc(F)c(Cl)c1. The molecule has 2 aliphatic carbocycles. The normalized spacial score (nSPS) is 20.4. The summed E-state index contributed by atoms with van der Waals surface area (Å²) in [6.45, 7) is -0.294. The molecule has 3 heterocycles. The van der Waals surface area contributed by atoms with Crippen LogP contribution in [0.2, 0.25) is 5.02 Å². The Bertz CT molecular complexity index is 1960. The smallest absolute Gasteiger partial charge is 0.424 e. The minimum absolute atomic E-state index is 0.00582. The van der Waals surface area contributed by atoms with E-state index in [1.54, 1.807) is 10.9 Å². The Morgan fingerprint density at radius 1 is 1.19 bits per heavy atom. The molecule has 15 heteroatoms. The summed E-state index contributed by atoms with van der Waals surface area (Å²) in [6.07, 6.45) is -0.0491. The number of benzene rings is 2. The van der Waals surface area contributed by atoms with E-state index in [1.807, 2.05) is 0 Å². The van der Waals surface area contributed by atoms with Crippen LogP contribution in [-0.2, 0) is 15.8 Å². The Kier molecular flexibility index (Phi) is 7.17. The van der Waals surface area contributed by atoms with Crippen molar-refractivity contribution < 1.29 is 41.7 Å². The number of ether oxygens (including phenoxy) is 2. The molecule has 0 radical (unpaired) electrons. The van der Waals surface area contributed by atoms with E-state index < -0.39 is 47.1 Å². The number of nitrogens with two attached hydrogens (primary N) is 1. The summed E-state index contributed by atoms with van der Waals surface area (Å²) in [5.41, 5.74) is -0.379. The number of primary amides is 1. The second-order valence-corrected chi connectivity index (χ2v) is 12.9. The largest absolute Gasteiger partial charge is 0.489 e. The number of nitrogens with one attached hydrogen (secondary N) is 1. The molecule has 3 aliphatic rings. The highest BCUT2D eigenvalue weighted by molar-refractivity contribution is 6.31. The summed E-state index contributed by atoms with van der Waals surface area (Å²) in [5.74, 6) is -2.33. The molecular formula is C32H28ClF4N5O5. The van der Waals surface area contributed by atoms with Crippen molar-refractivity contribution in [1.29, 1.82) is 0 Å². The quantitative estimate of drug-likeness (QED) is 0.210. The monoisotopic (exact) mass is 673 g/mol. The predicted octanol–water partition coefficient (Wildman–Crippen LogP) is 5.08. The maximum Gasteiger partial charge on any atom is 0.424 e. The Labute approximate surface area is 269 Å². The van der Waals surface area contributed by atoms with E-state index in [9.17, 15) is 32.3 Å². The number of carbonyl (C=O) groups excluding carboxylic acids is 2. The van der Waals surface area contributed by atoms with Crippen LogP contribution in [0.3, 0.4) is 0 Å². The molecule has 7 rings (SSSR count). The van der Waals surface area contributed by atoms with Crippen LogP contribution in [0.5, 0.6) is 11.5 Å². The minimum Gasteiger partial charge on any atom is -0.489 e. The van der Waals surface area contributed by atoms with Gasteiger partial charge in [0.25, 0.3) is 5.91 Å². The number of halogens is 5. The van der Waals surface area contributed by atoms with E-state index in [0.29, 0.717) is 16.7 Å². The first-order valence-electron chi connectivity index (χ1n) is 14.9. The number of hydrogen-bond acceptors (Lipinski definition) is 7. The van der Waals surface area contributed by atoms with Gasteiger partial charge in [-0.2, -0.15) is 18.3 Å². The zero-order chi connectivity index (χ0) is 33.5. The van der Waals surface area contributed by atoms with E-state index >= 15 is 0 Å². The number of pyridine rings is 1. The molecule has 2 aromatic heterocycles. The van der Waals surface area contributed by atoms with Gasteiger partial charge in [0, 0.05) is 28.3 Å². The van der Waals surface area contributed by atoms with Crippen LogP contribution in [0.25, 0.3) is 22.2 Å². The summed E-state index contributed by atoms with van der Waals surface area (Å²) in [6, 6.07) is 7.39. The van der Waals surface area contributed by atoms with E-state index in [4.69, 9.17) is 26.8 Å². The summed E-state index contributed by atoms with van der Waals surface area (Å²) in [5, 5.41) is 18.4. The second kappa shape index (κ2) is 10.8. The lowest BCUT2D eigenvalue weighted by atomic mass is 9.81. The van der Waals surface area contributed by atoms with Crippen molar-refractivity contribution in [2.75, 3.05) is 13.2 Å². The molecule has 2 atom stereocenters. The second-order valence-electron chi connectivity index (χ2n) is 12.5. The van der Waals surface area contributed by atoms with Crippen molar-refractivity contribution in [2.24, 2.45) is 5.73 Å². The fourth-order valence-corrected chi connectivity index (χ4v) is 5.70. The van der Waals surface area contributed by atoms with Crippen molar-refractivity contribution in [2.45, 2.75) is 61.9 Å². The molecule has 47 heavy (non-hydrogen) atoms. The van der Waals surface area contributed by atoms with Gasteiger partial charge in [-0.25, -0.2) is 9.37 Å². The Morgan fingerprint density at radius 3 is 2.57 bits per heavy atom. The maximum atomic E-state index is 14.8. The van der Waals surface area contributed by atoms with Crippen LogP contribution < -0.4 is 20.5 Å². The first-order chi connectivity index (χ1) is 22.2. The van der Waals surface area contributed by atoms with E-state index in [2.05, 4.69) is 15.4 Å². The van der Waals surface area contributed by atoms with Gasteiger partial charge in [-0.05, 0) is 69.0 Å². The standard InChI is InChI=1S/C32H28ClF4N5O5/c1-30(29(38)44)14-46-27-20(30)11-24(40-26(27)15-2-7-22(34)21(33)9-15)31(45,32(35,36)37)13-39-28(43)16-8-17-12-42(18-3-4-18)41-25(17)23(10-16)47-19-5-6-19/h2,7-12,18-19,45H,3-6,13-14H2,1H3,(H2,38,44)(H,39,43)/t30-,31-/m0/s1. The van der Waals surface area contributed by atoms with Crippen molar-refractivity contribution in [3.63, 3.8) is 0 Å². The lowest BCUT2D eigenvalue weighted by Gasteiger charge is -2.31. The van der Waals surface area contributed by atoms with Gasteiger partial charge < -0.3 is 25.6 Å². The Morgan fingerprint density at radius 2 is 1.94 bits per heavy atom. The van der Waals surface area contributed by atoms with E-state index in [0.717, 1.165) is 43.9 Å². The van der Waals surface area contributed by atoms with Crippen LogP contribution in [-0.4, -0.2) is 57.1 Å². The topological polar surface area (TPSA) is 142 Å². The van der Waals surface area contributed by atoms with Gasteiger partial charge >= 0.3 is 6.18 Å². The molecule has 0 saturated heterocycles. The number of carbonyl (C=O) groups is 2. The van der Waals surface area contributed by atoms with Crippen LogP contribution in [0.15, 0.2) is 42.6 Å². The average Bonchev–Trinajstić information content (AvgIpc) is 3.96. The molecule has 2 aromatic carbocycles. The maximum absolute atomic E-state index is 14.8.